The van der Waals surface area contributed by atoms with E-state index in [2.05, 4.69) is 0 Å². The van der Waals surface area contributed by atoms with Crippen LogP contribution in [0.5, 0.6) is 0 Å². The van der Waals surface area contributed by atoms with Gasteiger partial charge >= 0.3 is 12.4 Å². The fourth-order valence-electron chi connectivity index (χ4n) is 5.07. The number of para-hydroxylation sites is 1. The fraction of sp³-hybridized carbons (Fsp3) is 0.321. The van der Waals surface area contributed by atoms with E-state index < -0.39 is 29.5 Å². The largest absolute Gasteiger partial charge is 0.416 e. The highest BCUT2D eigenvalue weighted by Gasteiger charge is 2.35. The first-order chi connectivity index (χ1) is 18.0. The standard InChI is InChI=1S/C28H24F6N2OS/c29-27(30,31)19-7-5-6-18(16-19)26(37)22-9-3-4-13-35(22)14-15-36-21-8-1-2-10-24(21)38-25-12-11-20(17-23(25)36)28(32,33)34/h1-2,5-8,10-12,16-17,22H,3-4,9,13-15H2. The molecule has 10 heteroatoms. The Hall–Kier alpha value is -2.98. The first kappa shape index (κ1) is 26.6. The molecule has 200 valence electrons. The van der Waals surface area contributed by atoms with Gasteiger partial charge in [0.1, 0.15) is 0 Å². The molecule has 0 saturated carbocycles. The lowest BCUT2D eigenvalue weighted by Crippen LogP contribution is -2.47. The topological polar surface area (TPSA) is 23.6 Å². The third-order valence-corrected chi connectivity index (χ3v) is 8.08. The SMILES string of the molecule is O=C(c1cccc(C(F)(F)F)c1)C1CCCCN1CCN1c2ccccc2Sc2ccc(C(F)(F)F)cc21. The fourth-order valence-corrected chi connectivity index (χ4v) is 6.15. The summed E-state index contributed by atoms with van der Waals surface area (Å²) in [5.74, 6) is -0.370. The first-order valence-electron chi connectivity index (χ1n) is 12.2. The van der Waals surface area contributed by atoms with Gasteiger partial charge in [-0.15, -0.1) is 0 Å². The van der Waals surface area contributed by atoms with Crippen molar-refractivity contribution in [2.24, 2.45) is 0 Å². The minimum atomic E-state index is -4.55. The summed E-state index contributed by atoms with van der Waals surface area (Å²) in [5.41, 5.74) is -0.373. The molecule has 0 aliphatic carbocycles. The lowest BCUT2D eigenvalue weighted by Gasteiger charge is -2.38. The van der Waals surface area contributed by atoms with Crippen molar-refractivity contribution in [1.82, 2.24) is 4.90 Å². The van der Waals surface area contributed by atoms with E-state index in [1.807, 2.05) is 34.1 Å². The third kappa shape index (κ3) is 5.42. The number of carbonyl (C=O) groups is 1. The van der Waals surface area contributed by atoms with Crippen molar-refractivity contribution < 1.29 is 31.1 Å². The molecule has 1 atom stereocenters. The monoisotopic (exact) mass is 550 g/mol. The molecule has 5 rings (SSSR count). The summed E-state index contributed by atoms with van der Waals surface area (Å²) in [5, 5.41) is 0. The van der Waals surface area contributed by atoms with Gasteiger partial charge in [0.2, 0.25) is 0 Å². The van der Waals surface area contributed by atoms with Gasteiger partial charge in [0.05, 0.1) is 28.5 Å². The Balaban J connectivity index is 1.41. The second kappa shape index (κ2) is 10.3. The minimum absolute atomic E-state index is 0.0107. The summed E-state index contributed by atoms with van der Waals surface area (Å²) < 4.78 is 80.2. The van der Waals surface area contributed by atoms with Gasteiger partial charge < -0.3 is 4.90 Å². The van der Waals surface area contributed by atoms with Crippen molar-refractivity contribution in [2.45, 2.75) is 47.4 Å². The number of hydrogen-bond acceptors (Lipinski definition) is 4. The maximum absolute atomic E-state index is 13.5. The van der Waals surface area contributed by atoms with E-state index in [0.717, 1.165) is 47.7 Å². The van der Waals surface area contributed by atoms with Crippen LogP contribution in [0.25, 0.3) is 0 Å². The Morgan fingerprint density at radius 1 is 0.789 bits per heavy atom. The second-order valence-corrected chi connectivity index (χ2v) is 10.5. The molecular weight excluding hydrogens is 526 g/mol. The molecule has 3 aromatic carbocycles. The van der Waals surface area contributed by atoms with Crippen LogP contribution >= 0.6 is 11.8 Å². The average molecular weight is 551 g/mol. The van der Waals surface area contributed by atoms with E-state index in [1.165, 1.54) is 30.0 Å². The lowest BCUT2D eigenvalue weighted by atomic mass is 9.93. The van der Waals surface area contributed by atoms with Crippen LogP contribution in [0.3, 0.4) is 0 Å². The average Bonchev–Trinajstić information content (AvgIpc) is 2.89. The van der Waals surface area contributed by atoms with Crippen LogP contribution in [-0.2, 0) is 12.4 Å². The molecule has 0 radical (unpaired) electrons. The number of hydrogen-bond donors (Lipinski definition) is 0. The second-order valence-electron chi connectivity index (χ2n) is 9.39. The van der Waals surface area contributed by atoms with Gasteiger partial charge in [0.15, 0.2) is 5.78 Å². The van der Waals surface area contributed by atoms with Crippen LogP contribution in [0.2, 0.25) is 0 Å². The number of carbonyl (C=O) groups excluding carboxylic acids is 1. The maximum atomic E-state index is 13.5. The number of benzene rings is 3. The number of fused-ring (bicyclic) bond motifs is 2. The summed E-state index contributed by atoms with van der Waals surface area (Å²) in [6.07, 6.45) is -6.93. The van der Waals surface area contributed by atoms with Crippen molar-refractivity contribution >= 4 is 28.9 Å². The number of nitrogens with zero attached hydrogens (tertiary/aromatic N) is 2. The van der Waals surface area contributed by atoms with E-state index in [0.29, 0.717) is 36.6 Å². The minimum Gasteiger partial charge on any atom is -0.338 e. The summed E-state index contributed by atoms with van der Waals surface area (Å²) in [7, 11) is 0. The van der Waals surface area contributed by atoms with Crippen molar-refractivity contribution in [3.63, 3.8) is 0 Å². The van der Waals surface area contributed by atoms with Gasteiger partial charge in [-0.3, -0.25) is 9.69 Å². The molecule has 2 aliphatic rings. The van der Waals surface area contributed by atoms with Gasteiger partial charge in [-0.25, -0.2) is 0 Å². The van der Waals surface area contributed by atoms with E-state index in [1.54, 1.807) is 0 Å². The van der Waals surface area contributed by atoms with Crippen molar-refractivity contribution in [2.75, 3.05) is 24.5 Å². The van der Waals surface area contributed by atoms with Gasteiger partial charge in [0, 0.05) is 28.4 Å². The van der Waals surface area contributed by atoms with E-state index in [9.17, 15) is 31.1 Å². The van der Waals surface area contributed by atoms with Gasteiger partial charge in [0.25, 0.3) is 0 Å². The van der Waals surface area contributed by atoms with Crippen LogP contribution in [0.1, 0.15) is 40.7 Å². The van der Waals surface area contributed by atoms with Crippen molar-refractivity contribution in [3.8, 4) is 0 Å². The number of halogens is 6. The molecule has 0 bridgehead atoms. The summed E-state index contributed by atoms with van der Waals surface area (Å²) in [6.45, 7) is 1.26. The molecule has 1 saturated heterocycles. The number of anilines is 2. The molecule has 1 fully saturated rings. The zero-order valence-electron chi connectivity index (χ0n) is 20.1. The highest BCUT2D eigenvalue weighted by molar-refractivity contribution is 7.99. The Morgan fingerprint density at radius 2 is 1.50 bits per heavy atom. The zero-order valence-corrected chi connectivity index (χ0v) is 21.0. The van der Waals surface area contributed by atoms with Crippen LogP contribution in [0.4, 0.5) is 37.7 Å². The number of piperidine rings is 1. The molecule has 2 heterocycles. The van der Waals surface area contributed by atoms with E-state index in [-0.39, 0.29) is 11.3 Å². The highest BCUT2D eigenvalue weighted by atomic mass is 32.2. The van der Waals surface area contributed by atoms with Gasteiger partial charge in [-0.2, -0.15) is 26.3 Å². The summed E-state index contributed by atoms with van der Waals surface area (Å²) in [4.78, 5) is 18.7. The third-order valence-electron chi connectivity index (χ3n) is 6.95. The molecule has 0 aromatic heterocycles. The Bertz CT molecular complexity index is 1340. The molecule has 38 heavy (non-hydrogen) atoms. The summed E-state index contributed by atoms with van der Waals surface area (Å²) in [6, 6.07) is 15.0. The Labute approximate surface area is 220 Å². The van der Waals surface area contributed by atoms with Crippen molar-refractivity contribution in [3.05, 3.63) is 83.4 Å². The Morgan fingerprint density at radius 3 is 2.26 bits per heavy atom. The zero-order chi connectivity index (χ0) is 27.1. The highest BCUT2D eigenvalue weighted by Crippen LogP contribution is 2.49. The molecule has 0 spiro atoms. The predicted molar refractivity (Wildman–Crippen MR) is 134 cm³/mol. The van der Waals surface area contributed by atoms with Gasteiger partial charge in [-0.1, -0.05) is 42.4 Å². The number of rotatable bonds is 5. The molecule has 2 aliphatic heterocycles. The quantitative estimate of drug-likeness (QED) is 0.237. The smallest absolute Gasteiger partial charge is 0.338 e. The molecule has 3 nitrogen and oxygen atoms in total. The maximum Gasteiger partial charge on any atom is 0.416 e. The molecule has 1 unspecified atom stereocenters. The lowest BCUT2D eigenvalue weighted by molar-refractivity contribution is -0.138. The number of likely N-dealkylation sites (tertiary alicyclic amines) is 1. The Kier molecular flexibility index (Phi) is 7.21. The van der Waals surface area contributed by atoms with Crippen molar-refractivity contribution in [1.29, 1.82) is 0 Å². The van der Waals surface area contributed by atoms with Crippen LogP contribution in [0, 0.1) is 0 Å². The van der Waals surface area contributed by atoms with E-state index >= 15 is 0 Å². The normalized spacial score (nSPS) is 18.2. The molecule has 0 N–H and O–H groups in total. The number of ketones is 1. The predicted octanol–water partition coefficient (Wildman–Crippen LogP) is 8.06. The number of alkyl halides is 6. The van der Waals surface area contributed by atoms with Crippen LogP contribution < -0.4 is 4.90 Å². The number of Topliss-reactive ketones (excluding diaryl/α,β-unsaturated/α-hetero) is 1. The molecular formula is C28H24F6N2OS. The van der Waals surface area contributed by atoms with E-state index in [4.69, 9.17) is 0 Å². The first-order valence-corrected chi connectivity index (χ1v) is 13.1. The van der Waals surface area contributed by atoms with Crippen LogP contribution in [0.15, 0.2) is 76.5 Å². The summed E-state index contributed by atoms with van der Waals surface area (Å²) >= 11 is 1.40. The van der Waals surface area contributed by atoms with Crippen LogP contribution in [-0.4, -0.2) is 36.4 Å². The molecule has 3 aromatic rings. The van der Waals surface area contributed by atoms with Gasteiger partial charge in [-0.05, 0) is 61.9 Å². The molecule has 0 amide bonds.